The van der Waals surface area contributed by atoms with Crippen molar-refractivity contribution in [3.63, 3.8) is 0 Å². The van der Waals surface area contributed by atoms with Crippen LogP contribution in [-0.4, -0.2) is 25.1 Å². The van der Waals surface area contributed by atoms with E-state index in [1.54, 1.807) is 12.4 Å². The first kappa shape index (κ1) is 11.0. The maximum Gasteiger partial charge on any atom is 0.262 e. The molecule has 0 aliphatic rings. The minimum atomic E-state index is -0.178. The molecule has 0 atom stereocenters. The average molecular weight is 259 g/mol. The van der Waals surface area contributed by atoms with Crippen molar-refractivity contribution in [3.05, 3.63) is 46.6 Å². The zero-order chi connectivity index (χ0) is 12.4. The summed E-state index contributed by atoms with van der Waals surface area (Å²) in [7, 11) is 0. The second-order valence-corrected chi connectivity index (χ2v) is 4.62. The van der Waals surface area contributed by atoms with E-state index in [4.69, 9.17) is 0 Å². The predicted octanol–water partition coefficient (Wildman–Crippen LogP) is 1.33. The third-order valence-electron chi connectivity index (χ3n) is 2.40. The van der Waals surface area contributed by atoms with Gasteiger partial charge in [0.1, 0.15) is 5.39 Å². The van der Waals surface area contributed by atoms with Crippen molar-refractivity contribution in [2.75, 3.05) is 0 Å². The Morgan fingerprint density at radius 1 is 1.33 bits per heavy atom. The van der Waals surface area contributed by atoms with E-state index < -0.39 is 0 Å². The normalized spacial score (nSPS) is 10.9. The van der Waals surface area contributed by atoms with Gasteiger partial charge >= 0.3 is 0 Å². The fraction of sp³-hybridized carbons (Fsp3) is 0.0909. The highest BCUT2D eigenvalue weighted by Crippen LogP contribution is 2.18. The zero-order valence-electron chi connectivity index (χ0n) is 9.25. The van der Waals surface area contributed by atoms with Crippen molar-refractivity contribution in [3.8, 4) is 0 Å². The van der Waals surface area contributed by atoms with Gasteiger partial charge in [-0.15, -0.1) is 0 Å². The molecule has 0 saturated heterocycles. The van der Waals surface area contributed by atoms with E-state index in [0.717, 1.165) is 5.56 Å². The number of hydrogen-bond acceptors (Lipinski definition) is 5. The SMILES string of the molecule is O=c1[nH]c(SCc2cccnc2)nc2[nH]ncc12. The molecule has 0 fully saturated rings. The number of fused-ring (bicyclic) bond motifs is 1. The van der Waals surface area contributed by atoms with E-state index in [1.807, 2.05) is 12.1 Å². The number of thioether (sulfide) groups is 1. The summed E-state index contributed by atoms with van der Waals surface area (Å²) in [6, 6.07) is 3.86. The van der Waals surface area contributed by atoms with Crippen LogP contribution in [0.3, 0.4) is 0 Å². The van der Waals surface area contributed by atoms with Gasteiger partial charge < -0.3 is 4.98 Å². The molecule has 3 aromatic heterocycles. The van der Waals surface area contributed by atoms with Gasteiger partial charge in [0.25, 0.3) is 5.56 Å². The lowest BCUT2D eigenvalue weighted by Gasteiger charge is -2.00. The minimum absolute atomic E-state index is 0.178. The van der Waals surface area contributed by atoms with E-state index >= 15 is 0 Å². The van der Waals surface area contributed by atoms with E-state index in [0.29, 0.717) is 21.9 Å². The van der Waals surface area contributed by atoms with Crippen LogP contribution < -0.4 is 5.56 Å². The summed E-state index contributed by atoms with van der Waals surface area (Å²) in [5.74, 6) is 0.705. The van der Waals surface area contributed by atoms with Gasteiger partial charge in [-0.3, -0.25) is 14.9 Å². The van der Waals surface area contributed by atoms with Crippen molar-refractivity contribution in [2.45, 2.75) is 10.9 Å². The Labute approximate surface area is 106 Å². The van der Waals surface area contributed by atoms with Crippen LogP contribution in [0.15, 0.2) is 40.7 Å². The van der Waals surface area contributed by atoms with E-state index in [1.165, 1.54) is 18.0 Å². The molecule has 2 N–H and O–H groups in total. The molecule has 90 valence electrons. The molecule has 6 nitrogen and oxygen atoms in total. The van der Waals surface area contributed by atoms with Gasteiger partial charge in [0.2, 0.25) is 0 Å². The topological polar surface area (TPSA) is 87.3 Å². The van der Waals surface area contributed by atoms with Gasteiger partial charge in [-0.05, 0) is 11.6 Å². The quantitative estimate of drug-likeness (QED) is 0.547. The zero-order valence-corrected chi connectivity index (χ0v) is 10.1. The number of pyridine rings is 1. The molecule has 7 heteroatoms. The Morgan fingerprint density at radius 3 is 3.11 bits per heavy atom. The molecule has 0 aliphatic heterocycles. The molecular weight excluding hydrogens is 250 g/mol. The van der Waals surface area contributed by atoms with Crippen LogP contribution in [-0.2, 0) is 5.75 Å². The van der Waals surface area contributed by atoms with E-state index in [2.05, 4.69) is 25.1 Å². The van der Waals surface area contributed by atoms with Crippen molar-refractivity contribution in [1.29, 1.82) is 0 Å². The second-order valence-electron chi connectivity index (χ2n) is 3.65. The lowest BCUT2D eigenvalue weighted by atomic mass is 10.3. The van der Waals surface area contributed by atoms with Crippen LogP contribution in [0.4, 0.5) is 0 Å². The summed E-state index contributed by atoms with van der Waals surface area (Å²) < 4.78 is 0. The van der Waals surface area contributed by atoms with Gasteiger partial charge in [-0.2, -0.15) is 5.10 Å². The molecule has 0 unspecified atom stereocenters. The van der Waals surface area contributed by atoms with Crippen LogP contribution in [0, 0.1) is 0 Å². The fourth-order valence-electron chi connectivity index (χ4n) is 1.53. The Bertz CT molecular complexity index is 721. The summed E-state index contributed by atoms with van der Waals surface area (Å²) in [6.45, 7) is 0. The number of rotatable bonds is 3. The van der Waals surface area contributed by atoms with Gasteiger partial charge in [-0.25, -0.2) is 4.98 Å². The molecule has 3 aromatic rings. The van der Waals surface area contributed by atoms with Crippen molar-refractivity contribution >= 4 is 22.8 Å². The summed E-state index contributed by atoms with van der Waals surface area (Å²) in [4.78, 5) is 22.7. The third-order valence-corrected chi connectivity index (χ3v) is 3.34. The highest BCUT2D eigenvalue weighted by molar-refractivity contribution is 7.98. The Morgan fingerprint density at radius 2 is 2.28 bits per heavy atom. The molecule has 0 amide bonds. The van der Waals surface area contributed by atoms with Gasteiger partial charge in [-0.1, -0.05) is 17.8 Å². The van der Waals surface area contributed by atoms with Gasteiger partial charge in [0, 0.05) is 18.1 Å². The van der Waals surface area contributed by atoms with Crippen LogP contribution in [0.1, 0.15) is 5.56 Å². The lowest BCUT2D eigenvalue weighted by Crippen LogP contribution is -2.08. The van der Waals surface area contributed by atoms with E-state index in [9.17, 15) is 4.79 Å². The molecule has 0 spiro atoms. The van der Waals surface area contributed by atoms with Crippen molar-refractivity contribution in [1.82, 2.24) is 25.1 Å². The van der Waals surface area contributed by atoms with Crippen molar-refractivity contribution < 1.29 is 0 Å². The highest BCUT2D eigenvalue weighted by Gasteiger charge is 2.05. The number of H-pyrrole nitrogens is 2. The third kappa shape index (κ3) is 2.12. The maximum atomic E-state index is 11.7. The smallest absolute Gasteiger partial charge is 0.262 e. The Kier molecular flexibility index (Phi) is 2.81. The number of hydrogen-bond donors (Lipinski definition) is 2. The molecule has 0 radical (unpaired) electrons. The largest absolute Gasteiger partial charge is 0.301 e. The van der Waals surface area contributed by atoms with Crippen molar-refractivity contribution in [2.24, 2.45) is 0 Å². The number of nitrogens with zero attached hydrogens (tertiary/aromatic N) is 3. The molecule has 0 bridgehead atoms. The van der Waals surface area contributed by atoms with Crippen LogP contribution in [0.2, 0.25) is 0 Å². The first-order valence-electron chi connectivity index (χ1n) is 5.28. The summed E-state index contributed by atoms with van der Waals surface area (Å²) in [5, 5.41) is 7.53. The Balaban J connectivity index is 1.85. The molecular formula is C11H9N5OS. The standard InChI is InChI=1S/C11H9N5OS/c17-10-8-5-13-16-9(8)14-11(15-10)18-6-7-2-1-3-12-4-7/h1-5H,6H2,(H2,13,14,15,16,17). The number of aromatic nitrogens is 5. The summed E-state index contributed by atoms with van der Waals surface area (Å²) in [6.07, 6.45) is 4.99. The molecule has 0 saturated carbocycles. The maximum absolute atomic E-state index is 11.7. The molecule has 3 heterocycles. The van der Waals surface area contributed by atoms with E-state index in [-0.39, 0.29) is 5.56 Å². The lowest BCUT2D eigenvalue weighted by molar-refractivity contribution is 0.958. The molecule has 18 heavy (non-hydrogen) atoms. The molecule has 0 aliphatic carbocycles. The first-order chi connectivity index (χ1) is 8.83. The fourth-order valence-corrected chi connectivity index (χ4v) is 2.32. The highest BCUT2D eigenvalue weighted by atomic mass is 32.2. The second kappa shape index (κ2) is 4.61. The minimum Gasteiger partial charge on any atom is -0.301 e. The first-order valence-corrected chi connectivity index (χ1v) is 6.26. The van der Waals surface area contributed by atoms with Gasteiger partial charge in [0.05, 0.1) is 6.20 Å². The summed E-state index contributed by atoms with van der Waals surface area (Å²) in [5.41, 5.74) is 1.41. The average Bonchev–Trinajstić information content (AvgIpc) is 2.86. The number of nitrogens with one attached hydrogen (secondary N) is 2. The van der Waals surface area contributed by atoms with Crippen LogP contribution in [0.25, 0.3) is 11.0 Å². The summed E-state index contributed by atoms with van der Waals surface area (Å²) >= 11 is 1.45. The van der Waals surface area contributed by atoms with Gasteiger partial charge in [0.15, 0.2) is 10.8 Å². The molecule has 0 aromatic carbocycles. The Hall–Kier alpha value is -2.15. The predicted molar refractivity (Wildman–Crippen MR) is 68.3 cm³/mol. The monoisotopic (exact) mass is 259 g/mol. The van der Waals surface area contributed by atoms with Crippen LogP contribution >= 0.6 is 11.8 Å². The van der Waals surface area contributed by atoms with Crippen LogP contribution in [0.5, 0.6) is 0 Å². The number of aromatic amines is 2. The molecule has 3 rings (SSSR count).